The highest BCUT2D eigenvalue weighted by atomic mass is 16.2. The van der Waals surface area contributed by atoms with Gasteiger partial charge in [0.15, 0.2) is 0 Å². The van der Waals surface area contributed by atoms with Gasteiger partial charge in [0.05, 0.1) is 12.1 Å². The Bertz CT molecular complexity index is 869. The van der Waals surface area contributed by atoms with E-state index in [2.05, 4.69) is 9.88 Å². The molecule has 140 valence electrons. The standard InChI is InChI=1S/C21H24N4O2/c1-16-7-6-10-18(22-16)20(27)24-12-11-21(14-24)15-25(19(26)13-23(21)2)17-8-4-3-5-9-17/h3-10H,11-15H2,1-2H3. The van der Waals surface area contributed by atoms with Crippen molar-refractivity contribution in [3.05, 3.63) is 59.9 Å². The summed E-state index contributed by atoms with van der Waals surface area (Å²) in [6, 6.07) is 15.3. The Morgan fingerprint density at radius 3 is 2.59 bits per heavy atom. The number of aromatic nitrogens is 1. The molecule has 4 rings (SSSR count). The molecule has 1 unspecified atom stereocenters. The van der Waals surface area contributed by atoms with Crippen molar-refractivity contribution >= 4 is 17.5 Å². The van der Waals surface area contributed by atoms with Crippen molar-refractivity contribution in [2.75, 3.05) is 38.1 Å². The fourth-order valence-corrected chi connectivity index (χ4v) is 4.10. The zero-order chi connectivity index (χ0) is 19.0. The Hall–Kier alpha value is -2.73. The molecule has 6 heteroatoms. The van der Waals surface area contributed by atoms with Crippen molar-refractivity contribution in [2.24, 2.45) is 0 Å². The third-order valence-electron chi connectivity index (χ3n) is 5.73. The average Bonchev–Trinajstić information content (AvgIpc) is 3.10. The lowest BCUT2D eigenvalue weighted by molar-refractivity contribution is -0.123. The molecule has 27 heavy (non-hydrogen) atoms. The SMILES string of the molecule is Cc1cccc(C(=O)N2CCC3(C2)CN(c2ccccc2)C(=O)CN3C)n1. The Kier molecular flexibility index (Phi) is 4.44. The van der Waals surface area contributed by atoms with Gasteiger partial charge in [0.2, 0.25) is 5.91 Å². The maximum absolute atomic E-state index is 12.9. The first-order chi connectivity index (χ1) is 13.0. The van der Waals surface area contributed by atoms with E-state index in [0.717, 1.165) is 17.8 Å². The zero-order valence-electron chi connectivity index (χ0n) is 15.8. The van der Waals surface area contributed by atoms with Crippen LogP contribution < -0.4 is 4.90 Å². The van der Waals surface area contributed by atoms with E-state index >= 15 is 0 Å². The molecule has 3 heterocycles. The summed E-state index contributed by atoms with van der Waals surface area (Å²) in [6.07, 6.45) is 0.845. The number of piperazine rings is 1. The first kappa shape index (κ1) is 17.7. The number of carbonyl (C=O) groups excluding carboxylic acids is 2. The molecule has 2 fully saturated rings. The highest BCUT2D eigenvalue weighted by molar-refractivity contribution is 5.96. The van der Waals surface area contributed by atoms with Crippen LogP contribution >= 0.6 is 0 Å². The first-order valence-electron chi connectivity index (χ1n) is 9.28. The number of carbonyl (C=O) groups is 2. The second kappa shape index (κ2) is 6.78. The number of aryl methyl sites for hydroxylation is 1. The monoisotopic (exact) mass is 364 g/mol. The van der Waals surface area contributed by atoms with Gasteiger partial charge in [-0.2, -0.15) is 0 Å². The molecule has 1 spiro atoms. The molecule has 1 aromatic heterocycles. The molecule has 0 saturated carbocycles. The molecular formula is C21H24N4O2. The molecule has 1 aromatic carbocycles. The van der Waals surface area contributed by atoms with Crippen LogP contribution in [0.1, 0.15) is 22.6 Å². The third kappa shape index (κ3) is 3.21. The molecule has 0 N–H and O–H groups in total. The lowest BCUT2D eigenvalue weighted by Gasteiger charge is -2.46. The van der Waals surface area contributed by atoms with E-state index in [1.54, 1.807) is 6.07 Å². The van der Waals surface area contributed by atoms with Crippen LogP contribution in [0.15, 0.2) is 48.5 Å². The van der Waals surface area contributed by atoms with Crippen LogP contribution in [0.3, 0.4) is 0 Å². The van der Waals surface area contributed by atoms with Crippen molar-refractivity contribution in [3.63, 3.8) is 0 Å². The Morgan fingerprint density at radius 1 is 1.07 bits per heavy atom. The summed E-state index contributed by atoms with van der Waals surface area (Å²) in [5.74, 6) is 0.0617. The number of nitrogens with zero attached hydrogens (tertiary/aromatic N) is 4. The number of likely N-dealkylation sites (N-methyl/N-ethyl adjacent to an activating group) is 1. The number of hydrogen-bond donors (Lipinski definition) is 0. The maximum atomic E-state index is 12.9. The summed E-state index contributed by atoms with van der Waals surface area (Å²) in [5.41, 5.74) is 2.02. The number of amides is 2. The highest BCUT2D eigenvalue weighted by Crippen LogP contribution is 2.33. The molecular weight excluding hydrogens is 340 g/mol. The van der Waals surface area contributed by atoms with Gasteiger partial charge in [-0.25, -0.2) is 4.98 Å². The lowest BCUT2D eigenvalue weighted by Crippen LogP contribution is -2.64. The molecule has 2 aromatic rings. The van der Waals surface area contributed by atoms with Crippen LogP contribution in [0, 0.1) is 6.92 Å². The van der Waals surface area contributed by atoms with Gasteiger partial charge in [-0.3, -0.25) is 14.5 Å². The number of para-hydroxylation sites is 1. The van der Waals surface area contributed by atoms with Gasteiger partial charge < -0.3 is 9.80 Å². The average molecular weight is 364 g/mol. The summed E-state index contributed by atoms with van der Waals surface area (Å²) in [5, 5.41) is 0. The van der Waals surface area contributed by atoms with Crippen LogP contribution in [0.2, 0.25) is 0 Å². The van der Waals surface area contributed by atoms with Crippen molar-refractivity contribution in [1.82, 2.24) is 14.8 Å². The minimum atomic E-state index is -0.219. The van der Waals surface area contributed by atoms with Gasteiger partial charge in [-0.1, -0.05) is 24.3 Å². The number of hydrogen-bond acceptors (Lipinski definition) is 4. The fourth-order valence-electron chi connectivity index (χ4n) is 4.10. The molecule has 0 aliphatic carbocycles. The van der Waals surface area contributed by atoms with E-state index < -0.39 is 0 Å². The minimum absolute atomic E-state index is 0.0351. The number of likely N-dealkylation sites (tertiary alicyclic amines) is 1. The van der Waals surface area contributed by atoms with Crippen molar-refractivity contribution in [2.45, 2.75) is 18.9 Å². The molecule has 2 aliphatic rings. The van der Waals surface area contributed by atoms with E-state index in [9.17, 15) is 9.59 Å². The van der Waals surface area contributed by atoms with Gasteiger partial charge in [-0.05, 0) is 44.7 Å². The molecule has 6 nitrogen and oxygen atoms in total. The van der Waals surface area contributed by atoms with E-state index in [1.807, 2.05) is 66.2 Å². The predicted molar refractivity (Wildman–Crippen MR) is 104 cm³/mol. The molecule has 2 aliphatic heterocycles. The predicted octanol–water partition coefficient (Wildman–Crippen LogP) is 1.95. The van der Waals surface area contributed by atoms with Crippen molar-refractivity contribution < 1.29 is 9.59 Å². The van der Waals surface area contributed by atoms with E-state index in [4.69, 9.17) is 0 Å². The number of rotatable bonds is 2. The highest BCUT2D eigenvalue weighted by Gasteiger charge is 2.48. The van der Waals surface area contributed by atoms with Gasteiger partial charge in [0, 0.05) is 31.0 Å². The van der Waals surface area contributed by atoms with E-state index in [-0.39, 0.29) is 17.4 Å². The van der Waals surface area contributed by atoms with Gasteiger partial charge in [-0.15, -0.1) is 0 Å². The number of anilines is 1. The van der Waals surface area contributed by atoms with Crippen LogP contribution in [0.5, 0.6) is 0 Å². The molecule has 0 bridgehead atoms. The normalized spacial score (nSPS) is 23.3. The zero-order valence-corrected chi connectivity index (χ0v) is 15.8. The molecule has 2 amide bonds. The Morgan fingerprint density at radius 2 is 1.85 bits per heavy atom. The maximum Gasteiger partial charge on any atom is 0.272 e. The van der Waals surface area contributed by atoms with Crippen molar-refractivity contribution in [1.29, 1.82) is 0 Å². The fraction of sp³-hybridized carbons (Fsp3) is 0.381. The topological polar surface area (TPSA) is 56.8 Å². The Balaban J connectivity index is 1.56. The van der Waals surface area contributed by atoms with Crippen LogP contribution in [-0.2, 0) is 4.79 Å². The number of pyridine rings is 1. The van der Waals surface area contributed by atoms with E-state index in [1.165, 1.54) is 0 Å². The second-order valence-electron chi connectivity index (χ2n) is 7.54. The molecule has 2 saturated heterocycles. The van der Waals surface area contributed by atoms with Crippen LogP contribution in [0.25, 0.3) is 0 Å². The summed E-state index contributed by atoms with van der Waals surface area (Å²) < 4.78 is 0. The second-order valence-corrected chi connectivity index (χ2v) is 7.54. The summed E-state index contributed by atoms with van der Waals surface area (Å²) in [7, 11) is 1.99. The van der Waals surface area contributed by atoms with Crippen LogP contribution in [-0.4, -0.2) is 65.4 Å². The summed E-state index contributed by atoms with van der Waals surface area (Å²) >= 11 is 0. The van der Waals surface area contributed by atoms with Gasteiger partial charge in [0.25, 0.3) is 5.91 Å². The third-order valence-corrected chi connectivity index (χ3v) is 5.73. The first-order valence-corrected chi connectivity index (χ1v) is 9.28. The van der Waals surface area contributed by atoms with E-state index in [0.29, 0.717) is 31.9 Å². The minimum Gasteiger partial charge on any atom is -0.335 e. The quantitative estimate of drug-likeness (QED) is 0.817. The summed E-state index contributed by atoms with van der Waals surface area (Å²) in [4.78, 5) is 35.7. The smallest absolute Gasteiger partial charge is 0.272 e. The largest absolute Gasteiger partial charge is 0.335 e. The lowest BCUT2D eigenvalue weighted by atomic mass is 9.92. The molecule has 0 radical (unpaired) electrons. The van der Waals surface area contributed by atoms with Gasteiger partial charge in [0.1, 0.15) is 5.69 Å². The van der Waals surface area contributed by atoms with Crippen molar-refractivity contribution in [3.8, 4) is 0 Å². The van der Waals surface area contributed by atoms with Gasteiger partial charge >= 0.3 is 0 Å². The Labute approximate surface area is 159 Å². The summed E-state index contributed by atoms with van der Waals surface area (Å²) in [6.45, 7) is 4.13. The van der Waals surface area contributed by atoms with Crippen LogP contribution in [0.4, 0.5) is 5.69 Å². The molecule has 1 atom stereocenters. The number of benzene rings is 1.